The van der Waals surface area contributed by atoms with Gasteiger partial charge >= 0.3 is 0 Å². The van der Waals surface area contributed by atoms with Gasteiger partial charge < -0.3 is 15.2 Å². The molecule has 0 unspecified atom stereocenters. The number of aliphatic hydroxyl groups is 1. The van der Waals surface area contributed by atoms with E-state index in [9.17, 15) is 14.3 Å². The second-order valence-electron chi connectivity index (χ2n) is 7.29. The van der Waals surface area contributed by atoms with Crippen LogP contribution in [0.1, 0.15) is 53.9 Å². The molecule has 1 aliphatic rings. The van der Waals surface area contributed by atoms with E-state index in [1.54, 1.807) is 32.9 Å². The molecule has 5 heteroatoms. The predicted molar refractivity (Wildman–Crippen MR) is 97.9 cm³/mol. The van der Waals surface area contributed by atoms with Gasteiger partial charge in [-0.2, -0.15) is 0 Å². The molecular formula is C21H24FNO3. The van der Waals surface area contributed by atoms with E-state index in [-0.39, 0.29) is 5.56 Å². The van der Waals surface area contributed by atoms with Crippen LogP contribution in [0.2, 0.25) is 0 Å². The number of hydrogen-bond donors (Lipinski definition) is 2. The number of carbonyl (C=O) groups is 1. The third kappa shape index (κ3) is 3.31. The fourth-order valence-corrected chi connectivity index (χ4v) is 3.18. The van der Waals surface area contributed by atoms with Gasteiger partial charge in [0.1, 0.15) is 23.3 Å². The Kier molecular flexibility index (Phi) is 4.76. The Hall–Kier alpha value is -2.40. The molecule has 0 saturated carbocycles. The van der Waals surface area contributed by atoms with Gasteiger partial charge in [-0.1, -0.05) is 19.1 Å². The lowest BCUT2D eigenvalue weighted by Crippen LogP contribution is -2.53. The second kappa shape index (κ2) is 6.72. The van der Waals surface area contributed by atoms with Gasteiger partial charge in [0.25, 0.3) is 5.91 Å². The molecule has 4 nitrogen and oxygen atoms in total. The molecule has 3 rings (SSSR count). The van der Waals surface area contributed by atoms with Crippen LogP contribution in [-0.2, 0) is 6.42 Å². The fourth-order valence-electron chi connectivity index (χ4n) is 3.18. The topological polar surface area (TPSA) is 58.6 Å². The van der Waals surface area contributed by atoms with Gasteiger partial charge in [0.2, 0.25) is 0 Å². The van der Waals surface area contributed by atoms with E-state index in [1.807, 2.05) is 25.1 Å². The summed E-state index contributed by atoms with van der Waals surface area (Å²) in [6.07, 6.45) is -0.113. The molecule has 2 atom stereocenters. The number of aliphatic hydroxyl groups excluding tert-OH is 1. The zero-order valence-corrected chi connectivity index (χ0v) is 15.5. The van der Waals surface area contributed by atoms with Crippen LogP contribution in [0.25, 0.3) is 0 Å². The van der Waals surface area contributed by atoms with E-state index < -0.39 is 29.5 Å². The average molecular weight is 357 g/mol. The van der Waals surface area contributed by atoms with Gasteiger partial charge in [-0.05, 0) is 62.6 Å². The van der Waals surface area contributed by atoms with Crippen LogP contribution < -0.4 is 10.1 Å². The summed E-state index contributed by atoms with van der Waals surface area (Å²) >= 11 is 0. The molecule has 0 radical (unpaired) electrons. The van der Waals surface area contributed by atoms with Crippen molar-refractivity contribution in [2.45, 2.75) is 51.9 Å². The summed E-state index contributed by atoms with van der Waals surface area (Å²) in [7, 11) is 0. The highest BCUT2D eigenvalue weighted by Gasteiger charge is 2.43. The molecule has 2 aromatic rings. The number of nitrogens with one attached hydrogen (secondary N) is 1. The van der Waals surface area contributed by atoms with Crippen molar-refractivity contribution in [1.82, 2.24) is 5.32 Å². The third-order valence-electron chi connectivity index (χ3n) is 4.94. The maximum atomic E-state index is 13.8. The van der Waals surface area contributed by atoms with Gasteiger partial charge in [0, 0.05) is 11.1 Å². The normalized spacial score (nSPS) is 20.8. The van der Waals surface area contributed by atoms with Gasteiger partial charge in [0.15, 0.2) is 0 Å². The van der Waals surface area contributed by atoms with Crippen LogP contribution >= 0.6 is 0 Å². The van der Waals surface area contributed by atoms with E-state index >= 15 is 0 Å². The van der Waals surface area contributed by atoms with E-state index in [4.69, 9.17) is 4.74 Å². The number of hydrogen-bond acceptors (Lipinski definition) is 3. The molecular weight excluding hydrogens is 333 g/mol. The highest BCUT2D eigenvalue weighted by Crippen LogP contribution is 2.40. The van der Waals surface area contributed by atoms with Gasteiger partial charge in [-0.3, -0.25) is 4.79 Å². The second-order valence-corrected chi connectivity index (χ2v) is 7.29. The monoisotopic (exact) mass is 357 g/mol. The molecule has 0 aromatic heterocycles. The van der Waals surface area contributed by atoms with Crippen LogP contribution in [0.3, 0.4) is 0 Å². The molecule has 1 heterocycles. The molecule has 26 heavy (non-hydrogen) atoms. The first-order chi connectivity index (χ1) is 12.2. The van der Waals surface area contributed by atoms with Crippen LogP contribution in [-0.4, -0.2) is 22.7 Å². The number of fused-ring (bicyclic) bond motifs is 1. The van der Waals surface area contributed by atoms with Gasteiger partial charge in [-0.15, -0.1) is 0 Å². The van der Waals surface area contributed by atoms with Crippen molar-refractivity contribution in [2.24, 2.45) is 0 Å². The van der Waals surface area contributed by atoms with Crippen LogP contribution in [0, 0.1) is 12.7 Å². The van der Waals surface area contributed by atoms with Crippen molar-refractivity contribution < 1.29 is 19.0 Å². The van der Waals surface area contributed by atoms with Crippen molar-refractivity contribution in [3.8, 4) is 5.75 Å². The smallest absolute Gasteiger partial charge is 0.251 e. The Bertz CT molecular complexity index is 847. The quantitative estimate of drug-likeness (QED) is 0.881. The minimum atomic E-state index is -0.943. The minimum Gasteiger partial charge on any atom is -0.485 e. The first-order valence-corrected chi connectivity index (χ1v) is 8.80. The number of rotatable bonds is 3. The summed E-state index contributed by atoms with van der Waals surface area (Å²) in [6, 6.07) is 9.50. The molecule has 0 fully saturated rings. The van der Waals surface area contributed by atoms with Crippen molar-refractivity contribution in [1.29, 1.82) is 0 Å². The lowest BCUT2D eigenvalue weighted by Gasteiger charge is -2.42. The fraction of sp³-hybridized carbons (Fsp3) is 0.381. The van der Waals surface area contributed by atoms with E-state index in [0.29, 0.717) is 11.3 Å². The summed E-state index contributed by atoms with van der Waals surface area (Å²) in [4.78, 5) is 12.7. The Balaban J connectivity index is 1.97. The Labute approximate surface area is 153 Å². The molecule has 2 aromatic carbocycles. The maximum absolute atomic E-state index is 13.8. The van der Waals surface area contributed by atoms with E-state index in [0.717, 1.165) is 17.5 Å². The molecule has 138 valence electrons. The Morgan fingerprint density at radius 3 is 2.65 bits per heavy atom. The average Bonchev–Trinajstić information content (AvgIpc) is 2.60. The van der Waals surface area contributed by atoms with E-state index in [1.165, 1.54) is 6.07 Å². The molecule has 0 saturated heterocycles. The van der Waals surface area contributed by atoms with Crippen LogP contribution in [0.4, 0.5) is 4.39 Å². The zero-order chi connectivity index (χ0) is 19.1. The Morgan fingerprint density at radius 1 is 1.27 bits per heavy atom. The summed E-state index contributed by atoms with van der Waals surface area (Å²) in [5.41, 5.74) is 1.65. The lowest BCUT2D eigenvalue weighted by molar-refractivity contribution is -0.0628. The largest absolute Gasteiger partial charge is 0.485 e. The standard InChI is InChI=1S/C21H24FNO3/c1-5-13-7-9-17-15(10-13)18(19(24)21(3,4)26-17)23-20(25)14-8-6-12(2)16(22)11-14/h6-11,18-19,24H,5H2,1-4H3,(H,23,25)/t18-,19+/m1/s1. The first kappa shape index (κ1) is 18.4. The number of aryl methyl sites for hydroxylation is 2. The summed E-state index contributed by atoms with van der Waals surface area (Å²) in [6.45, 7) is 7.23. The molecule has 0 bridgehead atoms. The molecule has 0 spiro atoms. The number of benzene rings is 2. The molecule has 1 amide bonds. The number of carbonyl (C=O) groups excluding carboxylic acids is 1. The highest BCUT2D eigenvalue weighted by molar-refractivity contribution is 5.94. The van der Waals surface area contributed by atoms with Crippen molar-refractivity contribution in [2.75, 3.05) is 0 Å². The van der Waals surface area contributed by atoms with Crippen molar-refractivity contribution >= 4 is 5.91 Å². The summed E-state index contributed by atoms with van der Waals surface area (Å²) in [5, 5.41) is 13.6. The van der Waals surface area contributed by atoms with Crippen molar-refractivity contribution in [3.05, 3.63) is 64.5 Å². The van der Waals surface area contributed by atoms with Crippen LogP contribution in [0.5, 0.6) is 5.75 Å². The van der Waals surface area contributed by atoms with E-state index in [2.05, 4.69) is 5.32 Å². The SMILES string of the molecule is CCc1ccc2c(c1)[C@@H](NC(=O)c1ccc(C)c(F)c1)[C@H](O)C(C)(C)O2. The Morgan fingerprint density at radius 2 is 2.00 bits per heavy atom. The summed E-state index contributed by atoms with van der Waals surface area (Å²) in [5.74, 6) is -0.226. The molecule has 2 N–H and O–H groups in total. The van der Waals surface area contributed by atoms with Crippen LogP contribution in [0.15, 0.2) is 36.4 Å². The number of amides is 1. The summed E-state index contributed by atoms with van der Waals surface area (Å²) < 4.78 is 19.7. The van der Waals surface area contributed by atoms with Gasteiger partial charge in [0.05, 0.1) is 6.04 Å². The molecule has 1 aliphatic heterocycles. The molecule has 0 aliphatic carbocycles. The first-order valence-electron chi connectivity index (χ1n) is 8.80. The highest BCUT2D eigenvalue weighted by atomic mass is 19.1. The predicted octanol–water partition coefficient (Wildman–Crippen LogP) is 3.70. The zero-order valence-electron chi connectivity index (χ0n) is 15.5. The number of halogens is 1. The third-order valence-corrected chi connectivity index (χ3v) is 4.94. The lowest BCUT2D eigenvalue weighted by atomic mass is 9.85. The van der Waals surface area contributed by atoms with Gasteiger partial charge in [-0.25, -0.2) is 4.39 Å². The van der Waals surface area contributed by atoms with Crippen molar-refractivity contribution in [3.63, 3.8) is 0 Å². The number of ether oxygens (including phenoxy) is 1. The minimum absolute atomic E-state index is 0.220. The maximum Gasteiger partial charge on any atom is 0.251 e.